The fourth-order valence-electron chi connectivity index (χ4n) is 4.69. The van der Waals surface area contributed by atoms with Gasteiger partial charge in [-0.1, -0.05) is 42.5 Å². The lowest BCUT2D eigenvalue weighted by Gasteiger charge is -2.42. The quantitative estimate of drug-likeness (QED) is 0.593. The molecule has 3 aromatic rings. The molecule has 2 heterocycles. The summed E-state index contributed by atoms with van der Waals surface area (Å²) in [5, 5.41) is 11.6. The Hall–Kier alpha value is -2.34. The molecular weight excluding hydrogens is 407 g/mol. The molecule has 0 radical (unpaired) electrons. The lowest BCUT2D eigenvalue weighted by atomic mass is 9.84. The van der Waals surface area contributed by atoms with Crippen LogP contribution in [0.2, 0.25) is 0 Å². The van der Waals surface area contributed by atoms with Gasteiger partial charge in [0.2, 0.25) is 0 Å². The molecule has 0 bridgehead atoms. The summed E-state index contributed by atoms with van der Waals surface area (Å²) in [5.74, 6) is -0.262. The van der Waals surface area contributed by atoms with E-state index >= 15 is 0 Å². The van der Waals surface area contributed by atoms with Crippen molar-refractivity contribution in [1.82, 2.24) is 4.90 Å². The summed E-state index contributed by atoms with van der Waals surface area (Å²) >= 11 is 1.96. The summed E-state index contributed by atoms with van der Waals surface area (Å²) in [6.07, 6.45) is 1.35. The largest absolute Gasteiger partial charge is 0.385 e. The van der Waals surface area contributed by atoms with Crippen LogP contribution in [0, 0.1) is 5.82 Å². The molecule has 1 N–H and O–H groups in total. The second kappa shape index (κ2) is 8.65. The SMILES string of the molecule is OC1(c2ccc(F)cc2)CCN(CC2CN(c3ccccc3)c3ccccc3S2)CC1. The Kier molecular flexibility index (Phi) is 5.74. The average Bonchev–Trinajstić information content (AvgIpc) is 2.81. The third-order valence-corrected chi connectivity index (χ3v) is 7.66. The van der Waals surface area contributed by atoms with Crippen molar-refractivity contribution >= 4 is 23.1 Å². The van der Waals surface area contributed by atoms with Crippen molar-refractivity contribution in [1.29, 1.82) is 0 Å². The summed E-state index contributed by atoms with van der Waals surface area (Å²) in [6.45, 7) is 3.64. The normalized spacial score (nSPS) is 21.0. The topological polar surface area (TPSA) is 26.7 Å². The molecule has 3 aromatic carbocycles. The minimum Gasteiger partial charge on any atom is -0.385 e. The monoisotopic (exact) mass is 434 g/mol. The van der Waals surface area contributed by atoms with Gasteiger partial charge in [-0.05, 0) is 54.8 Å². The Labute approximate surface area is 187 Å². The van der Waals surface area contributed by atoms with Crippen LogP contribution in [0.1, 0.15) is 18.4 Å². The molecule has 5 rings (SSSR count). The van der Waals surface area contributed by atoms with Crippen molar-refractivity contribution in [2.45, 2.75) is 28.6 Å². The lowest BCUT2D eigenvalue weighted by molar-refractivity contribution is -0.0256. The number of thioether (sulfide) groups is 1. The van der Waals surface area contributed by atoms with Crippen molar-refractivity contribution in [3.05, 3.63) is 90.2 Å². The molecule has 1 fully saturated rings. The molecule has 31 heavy (non-hydrogen) atoms. The van der Waals surface area contributed by atoms with Crippen LogP contribution in [-0.4, -0.2) is 41.4 Å². The maximum Gasteiger partial charge on any atom is 0.123 e. The number of halogens is 1. The Morgan fingerprint density at radius 1 is 0.903 bits per heavy atom. The predicted octanol–water partition coefficient (Wildman–Crippen LogP) is 5.42. The molecular formula is C26H27FN2OS. The minimum absolute atomic E-state index is 0.262. The van der Waals surface area contributed by atoms with E-state index < -0.39 is 5.60 Å². The molecule has 2 aliphatic rings. The smallest absolute Gasteiger partial charge is 0.123 e. The standard InChI is InChI=1S/C26H27FN2OS/c27-21-12-10-20(11-13-21)26(30)14-16-28(17-15-26)18-23-19-29(22-6-2-1-3-7-22)24-8-4-5-9-25(24)31-23/h1-13,23,30H,14-19H2. The second-order valence-corrected chi connectivity index (χ2v) is 9.84. The number of aliphatic hydroxyl groups is 1. The third kappa shape index (κ3) is 4.36. The van der Waals surface area contributed by atoms with Gasteiger partial charge in [0.05, 0.1) is 11.3 Å². The number of rotatable bonds is 4. The number of hydrogen-bond acceptors (Lipinski definition) is 4. The van der Waals surface area contributed by atoms with E-state index in [-0.39, 0.29) is 5.82 Å². The highest BCUT2D eigenvalue weighted by Crippen LogP contribution is 2.42. The summed E-state index contributed by atoms with van der Waals surface area (Å²) in [5.41, 5.74) is 2.47. The van der Waals surface area contributed by atoms with Crippen molar-refractivity contribution < 1.29 is 9.50 Å². The van der Waals surface area contributed by atoms with Gasteiger partial charge in [0.15, 0.2) is 0 Å². The molecule has 1 saturated heterocycles. The number of anilines is 2. The zero-order valence-electron chi connectivity index (χ0n) is 17.5. The average molecular weight is 435 g/mol. The van der Waals surface area contributed by atoms with Gasteiger partial charge >= 0.3 is 0 Å². The zero-order valence-corrected chi connectivity index (χ0v) is 18.3. The van der Waals surface area contributed by atoms with Gasteiger partial charge in [-0.2, -0.15) is 0 Å². The van der Waals surface area contributed by atoms with Crippen LogP contribution in [0.25, 0.3) is 0 Å². The summed E-state index contributed by atoms with van der Waals surface area (Å²) in [7, 11) is 0. The fourth-order valence-corrected chi connectivity index (χ4v) is 6.01. The third-order valence-electron chi connectivity index (χ3n) is 6.43. The molecule has 5 heteroatoms. The van der Waals surface area contributed by atoms with Crippen molar-refractivity contribution in [2.24, 2.45) is 0 Å². The molecule has 0 spiro atoms. The van der Waals surface area contributed by atoms with Crippen molar-refractivity contribution in [3.8, 4) is 0 Å². The minimum atomic E-state index is -0.855. The van der Waals surface area contributed by atoms with Crippen molar-refractivity contribution in [2.75, 3.05) is 31.1 Å². The van der Waals surface area contributed by atoms with Crippen LogP contribution in [-0.2, 0) is 5.60 Å². The van der Waals surface area contributed by atoms with Crippen LogP contribution in [0.5, 0.6) is 0 Å². The van der Waals surface area contributed by atoms with Gasteiger partial charge in [0.1, 0.15) is 5.82 Å². The number of piperidine rings is 1. The number of benzene rings is 3. The first-order chi connectivity index (χ1) is 15.1. The molecule has 0 saturated carbocycles. The Morgan fingerprint density at radius 2 is 1.58 bits per heavy atom. The highest BCUT2D eigenvalue weighted by molar-refractivity contribution is 8.00. The molecule has 0 aromatic heterocycles. The number of fused-ring (bicyclic) bond motifs is 1. The van der Waals surface area contributed by atoms with Crippen molar-refractivity contribution in [3.63, 3.8) is 0 Å². The summed E-state index contributed by atoms with van der Waals surface area (Å²) in [6, 6.07) is 25.5. The zero-order chi connectivity index (χ0) is 21.3. The predicted molar refractivity (Wildman–Crippen MR) is 126 cm³/mol. The van der Waals surface area contributed by atoms with E-state index in [1.54, 1.807) is 12.1 Å². The lowest BCUT2D eigenvalue weighted by Crippen LogP contribution is -2.46. The maximum atomic E-state index is 13.3. The molecule has 0 amide bonds. The number of nitrogens with zero attached hydrogens (tertiary/aromatic N) is 2. The number of para-hydroxylation sites is 2. The molecule has 2 aliphatic heterocycles. The molecule has 160 valence electrons. The van der Waals surface area contributed by atoms with Gasteiger partial charge in [-0.3, -0.25) is 0 Å². The number of likely N-dealkylation sites (tertiary alicyclic amines) is 1. The van der Waals surface area contributed by atoms with E-state index in [0.717, 1.165) is 31.7 Å². The molecule has 1 unspecified atom stereocenters. The Morgan fingerprint density at radius 3 is 2.32 bits per heavy atom. The van der Waals surface area contributed by atoms with Gasteiger partial charge in [-0.15, -0.1) is 11.8 Å². The van der Waals surface area contributed by atoms with Crippen LogP contribution in [0.3, 0.4) is 0 Å². The van der Waals surface area contributed by atoms with E-state index in [9.17, 15) is 9.50 Å². The van der Waals surface area contributed by atoms with Crippen LogP contribution in [0.4, 0.5) is 15.8 Å². The first-order valence-corrected chi connectivity index (χ1v) is 11.8. The molecule has 3 nitrogen and oxygen atoms in total. The van der Waals surface area contributed by atoms with Crippen LogP contribution >= 0.6 is 11.8 Å². The maximum absolute atomic E-state index is 13.3. The highest BCUT2D eigenvalue weighted by Gasteiger charge is 2.35. The summed E-state index contributed by atoms with van der Waals surface area (Å²) in [4.78, 5) is 6.21. The van der Waals surface area contributed by atoms with E-state index in [2.05, 4.69) is 64.4 Å². The van der Waals surface area contributed by atoms with Gasteiger partial charge < -0.3 is 14.9 Å². The summed E-state index contributed by atoms with van der Waals surface area (Å²) < 4.78 is 13.3. The van der Waals surface area contributed by atoms with Crippen LogP contribution in [0.15, 0.2) is 83.8 Å². The van der Waals surface area contributed by atoms with E-state index in [4.69, 9.17) is 0 Å². The van der Waals surface area contributed by atoms with E-state index in [0.29, 0.717) is 18.1 Å². The fraction of sp³-hybridized carbons (Fsp3) is 0.308. The first kappa shape index (κ1) is 20.6. The molecule has 0 aliphatic carbocycles. The van der Waals surface area contributed by atoms with E-state index in [1.165, 1.54) is 28.4 Å². The van der Waals surface area contributed by atoms with Gasteiger partial charge in [0.25, 0.3) is 0 Å². The first-order valence-electron chi connectivity index (χ1n) is 10.9. The van der Waals surface area contributed by atoms with Gasteiger partial charge in [-0.25, -0.2) is 4.39 Å². The van der Waals surface area contributed by atoms with Crippen LogP contribution < -0.4 is 4.90 Å². The Balaban J connectivity index is 1.27. The second-order valence-electron chi connectivity index (χ2n) is 8.49. The highest BCUT2D eigenvalue weighted by atomic mass is 32.2. The van der Waals surface area contributed by atoms with E-state index in [1.807, 2.05) is 11.8 Å². The van der Waals surface area contributed by atoms with Gasteiger partial charge in [0, 0.05) is 42.0 Å². The number of hydrogen-bond donors (Lipinski definition) is 1. The Bertz CT molecular complexity index is 1020. The molecule has 1 atom stereocenters.